The second-order valence-corrected chi connectivity index (χ2v) is 5.94. The summed E-state index contributed by atoms with van der Waals surface area (Å²) in [6.07, 6.45) is 0.463. The summed E-state index contributed by atoms with van der Waals surface area (Å²) >= 11 is 7.67. The minimum Gasteiger partial charge on any atom is -0.326 e. The van der Waals surface area contributed by atoms with Crippen molar-refractivity contribution < 1.29 is 4.79 Å². The van der Waals surface area contributed by atoms with Crippen LogP contribution in [0.2, 0.25) is 5.02 Å². The molecule has 2 aromatic carbocycles. The Balaban J connectivity index is 1.82. The average molecular weight is 306 g/mol. The third-order valence-corrected chi connectivity index (χ3v) is 4.36. The van der Waals surface area contributed by atoms with Crippen LogP contribution in [0.1, 0.15) is 12.0 Å². The number of carbonyl (C=O) groups excluding carboxylic acids is 1. The van der Waals surface area contributed by atoms with Crippen LogP contribution in [0.25, 0.3) is 0 Å². The van der Waals surface area contributed by atoms with Crippen molar-refractivity contribution in [2.24, 2.45) is 0 Å². The highest BCUT2D eigenvalue weighted by atomic mass is 35.5. The topological polar surface area (TPSA) is 29.1 Å². The predicted molar refractivity (Wildman–Crippen MR) is 86.6 cm³/mol. The van der Waals surface area contributed by atoms with Gasteiger partial charge in [0.05, 0.1) is 5.02 Å². The Hall–Kier alpha value is -1.45. The third-order valence-electron chi connectivity index (χ3n) is 2.84. The number of amides is 1. The number of para-hydroxylation sites is 1. The van der Waals surface area contributed by atoms with Crippen molar-refractivity contribution in [3.8, 4) is 0 Å². The molecule has 4 heteroatoms. The molecule has 0 saturated carbocycles. The maximum absolute atomic E-state index is 11.9. The monoisotopic (exact) mass is 305 g/mol. The van der Waals surface area contributed by atoms with Gasteiger partial charge in [-0.25, -0.2) is 0 Å². The van der Waals surface area contributed by atoms with Crippen molar-refractivity contribution in [2.75, 3.05) is 11.1 Å². The molecule has 0 saturated heterocycles. The number of carbonyl (C=O) groups is 1. The maximum atomic E-state index is 11.9. The molecule has 0 unspecified atom stereocenters. The number of halogens is 1. The summed E-state index contributed by atoms with van der Waals surface area (Å²) in [7, 11) is 0. The normalized spacial score (nSPS) is 10.3. The Bertz CT molecular complexity index is 601. The number of nitrogens with one attached hydrogen (secondary N) is 1. The molecule has 0 heterocycles. The van der Waals surface area contributed by atoms with Gasteiger partial charge in [0.15, 0.2) is 0 Å². The molecule has 1 amide bonds. The highest BCUT2D eigenvalue weighted by molar-refractivity contribution is 7.99. The Morgan fingerprint density at radius 2 is 1.85 bits per heavy atom. The van der Waals surface area contributed by atoms with Gasteiger partial charge < -0.3 is 5.32 Å². The summed E-state index contributed by atoms with van der Waals surface area (Å²) < 4.78 is 0. The Morgan fingerprint density at radius 1 is 1.15 bits per heavy atom. The molecule has 0 aliphatic heterocycles. The van der Waals surface area contributed by atoms with E-state index in [-0.39, 0.29) is 5.91 Å². The van der Waals surface area contributed by atoms with E-state index in [1.165, 1.54) is 0 Å². The molecule has 0 aliphatic rings. The molecule has 20 heavy (non-hydrogen) atoms. The van der Waals surface area contributed by atoms with Crippen LogP contribution in [-0.4, -0.2) is 11.7 Å². The van der Waals surface area contributed by atoms with Gasteiger partial charge >= 0.3 is 0 Å². The zero-order chi connectivity index (χ0) is 14.4. The van der Waals surface area contributed by atoms with E-state index in [9.17, 15) is 4.79 Å². The molecular formula is C16H16ClNOS. The smallest absolute Gasteiger partial charge is 0.225 e. The van der Waals surface area contributed by atoms with Gasteiger partial charge in [-0.2, -0.15) is 0 Å². The first kappa shape index (κ1) is 14.9. The van der Waals surface area contributed by atoms with Gasteiger partial charge in [0, 0.05) is 22.8 Å². The summed E-state index contributed by atoms with van der Waals surface area (Å²) in [5.41, 5.74) is 1.94. The van der Waals surface area contributed by atoms with Crippen molar-refractivity contribution in [3.05, 3.63) is 59.1 Å². The van der Waals surface area contributed by atoms with Crippen molar-refractivity contribution in [2.45, 2.75) is 18.2 Å². The molecule has 0 radical (unpaired) electrons. The highest BCUT2D eigenvalue weighted by Crippen LogP contribution is 2.27. The number of benzene rings is 2. The molecular weight excluding hydrogens is 290 g/mol. The van der Waals surface area contributed by atoms with E-state index in [4.69, 9.17) is 11.6 Å². The Morgan fingerprint density at radius 3 is 2.60 bits per heavy atom. The van der Waals surface area contributed by atoms with Crippen LogP contribution in [0.3, 0.4) is 0 Å². The highest BCUT2D eigenvalue weighted by Gasteiger charge is 2.05. The Labute approximate surface area is 128 Å². The van der Waals surface area contributed by atoms with Crippen molar-refractivity contribution in [3.63, 3.8) is 0 Å². The number of rotatable bonds is 5. The van der Waals surface area contributed by atoms with Gasteiger partial charge in [-0.3, -0.25) is 4.79 Å². The molecule has 0 aliphatic carbocycles. The lowest BCUT2D eigenvalue weighted by molar-refractivity contribution is -0.115. The van der Waals surface area contributed by atoms with E-state index in [0.717, 1.165) is 21.2 Å². The first-order valence-electron chi connectivity index (χ1n) is 6.39. The maximum Gasteiger partial charge on any atom is 0.225 e. The van der Waals surface area contributed by atoms with E-state index in [0.29, 0.717) is 12.2 Å². The van der Waals surface area contributed by atoms with Crippen LogP contribution in [0, 0.1) is 6.92 Å². The second-order valence-electron chi connectivity index (χ2n) is 4.39. The van der Waals surface area contributed by atoms with Gasteiger partial charge in [0.1, 0.15) is 0 Å². The minimum atomic E-state index is 0.0267. The molecule has 0 bridgehead atoms. The van der Waals surface area contributed by atoms with E-state index in [1.54, 1.807) is 11.8 Å². The van der Waals surface area contributed by atoms with Crippen LogP contribution in [0.4, 0.5) is 5.69 Å². The SMILES string of the molecule is Cc1ccccc1NC(=O)CCSc1ccccc1Cl. The lowest BCUT2D eigenvalue weighted by Crippen LogP contribution is -2.12. The quantitative estimate of drug-likeness (QED) is 0.806. The summed E-state index contributed by atoms with van der Waals surface area (Å²) in [6, 6.07) is 15.4. The van der Waals surface area contributed by atoms with Crippen LogP contribution in [0.5, 0.6) is 0 Å². The summed E-state index contributed by atoms with van der Waals surface area (Å²) in [5, 5.41) is 3.66. The standard InChI is InChI=1S/C16H16ClNOS/c1-12-6-2-4-8-14(12)18-16(19)10-11-20-15-9-5-3-7-13(15)17/h2-9H,10-11H2,1H3,(H,18,19). The molecule has 1 N–H and O–H groups in total. The minimum absolute atomic E-state index is 0.0267. The van der Waals surface area contributed by atoms with Gasteiger partial charge in [0.2, 0.25) is 5.91 Å². The Kier molecular flexibility index (Phi) is 5.50. The molecule has 0 atom stereocenters. The van der Waals surface area contributed by atoms with E-state index < -0.39 is 0 Å². The van der Waals surface area contributed by atoms with Crippen molar-refractivity contribution in [1.29, 1.82) is 0 Å². The van der Waals surface area contributed by atoms with Crippen LogP contribution < -0.4 is 5.32 Å². The number of thioether (sulfide) groups is 1. The second kappa shape index (κ2) is 7.36. The first-order chi connectivity index (χ1) is 9.66. The number of hydrogen-bond acceptors (Lipinski definition) is 2. The van der Waals surface area contributed by atoms with Crippen molar-refractivity contribution in [1.82, 2.24) is 0 Å². The van der Waals surface area contributed by atoms with Gasteiger partial charge in [0.25, 0.3) is 0 Å². The molecule has 0 aromatic heterocycles. The fraction of sp³-hybridized carbons (Fsp3) is 0.188. The fourth-order valence-corrected chi connectivity index (χ4v) is 2.93. The van der Waals surface area contributed by atoms with E-state index in [2.05, 4.69) is 5.32 Å². The summed E-state index contributed by atoms with van der Waals surface area (Å²) in [6.45, 7) is 1.98. The fourth-order valence-electron chi connectivity index (χ4n) is 1.74. The van der Waals surface area contributed by atoms with Gasteiger partial charge in [-0.15, -0.1) is 11.8 Å². The lowest BCUT2D eigenvalue weighted by atomic mass is 10.2. The van der Waals surface area contributed by atoms with Crippen molar-refractivity contribution >= 4 is 35.0 Å². The molecule has 0 spiro atoms. The van der Waals surface area contributed by atoms with Gasteiger partial charge in [-0.05, 0) is 30.7 Å². The summed E-state index contributed by atoms with van der Waals surface area (Å²) in [4.78, 5) is 12.9. The first-order valence-corrected chi connectivity index (χ1v) is 7.76. The van der Waals surface area contributed by atoms with Gasteiger partial charge in [-0.1, -0.05) is 41.9 Å². The number of hydrogen-bond donors (Lipinski definition) is 1. The van der Waals surface area contributed by atoms with E-state index >= 15 is 0 Å². The molecule has 2 nitrogen and oxygen atoms in total. The largest absolute Gasteiger partial charge is 0.326 e. The molecule has 104 valence electrons. The lowest BCUT2D eigenvalue weighted by Gasteiger charge is -2.08. The van der Waals surface area contributed by atoms with Crippen LogP contribution in [-0.2, 0) is 4.79 Å². The molecule has 2 rings (SSSR count). The van der Waals surface area contributed by atoms with Crippen LogP contribution in [0.15, 0.2) is 53.4 Å². The zero-order valence-electron chi connectivity index (χ0n) is 11.2. The zero-order valence-corrected chi connectivity index (χ0v) is 12.8. The molecule has 0 fully saturated rings. The van der Waals surface area contributed by atoms with Crippen LogP contribution >= 0.6 is 23.4 Å². The number of anilines is 1. The average Bonchev–Trinajstić information content (AvgIpc) is 2.43. The predicted octanol–water partition coefficient (Wildman–Crippen LogP) is 4.77. The summed E-state index contributed by atoms with van der Waals surface area (Å²) in [5.74, 6) is 0.736. The number of aryl methyl sites for hydroxylation is 1. The molecule has 2 aromatic rings. The van der Waals surface area contributed by atoms with E-state index in [1.807, 2.05) is 55.5 Å². The third kappa shape index (κ3) is 4.29.